The summed E-state index contributed by atoms with van der Waals surface area (Å²) in [6.07, 6.45) is 0. The Bertz CT molecular complexity index is 624. The molecule has 1 aromatic heterocycles. The summed E-state index contributed by atoms with van der Waals surface area (Å²) in [5.74, 6) is 0.450. The molecular weight excluding hydrogens is 311 g/mol. The molecule has 1 aromatic carbocycles. The minimum absolute atomic E-state index is 0.0247. The molecule has 112 valence electrons. The molecule has 0 aliphatic carbocycles. The summed E-state index contributed by atoms with van der Waals surface area (Å²) in [5, 5.41) is 0.796. The first-order valence-corrected chi connectivity index (χ1v) is 7.29. The molecule has 0 amide bonds. The van der Waals surface area contributed by atoms with Crippen LogP contribution in [0.25, 0.3) is 0 Å². The molecule has 5 nitrogen and oxygen atoms in total. The lowest BCUT2D eigenvalue weighted by Gasteiger charge is -2.25. The molecule has 0 aliphatic heterocycles. The van der Waals surface area contributed by atoms with Crippen LogP contribution in [-0.2, 0) is 0 Å². The van der Waals surface area contributed by atoms with Gasteiger partial charge >= 0.3 is 6.01 Å². The highest BCUT2D eigenvalue weighted by Gasteiger charge is 2.17. The van der Waals surface area contributed by atoms with Crippen molar-refractivity contribution in [2.45, 2.75) is 19.9 Å². The monoisotopic (exact) mass is 326 g/mol. The van der Waals surface area contributed by atoms with Gasteiger partial charge in [0.2, 0.25) is 11.2 Å². The first kappa shape index (κ1) is 15.8. The molecular formula is C14H16Cl2N4O. The predicted octanol–water partition coefficient (Wildman–Crippen LogP) is 3.77. The van der Waals surface area contributed by atoms with Gasteiger partial charge in [-0.2, -0.15) is 15.0 Å². The molecule has 0 aliphatic rings. The third kappa shape index (κ3) is 3.95. The number of ether oxygens (including phenoxy) is 1. The molecule has 2 rings (SSSR count). The lowest BCUT2D eigenvalue weighted by atomic mass is 10.1. The van der Waals surface area contributed by atoms with Crippen molar-refractivity contribution in [3.63, 3.8) is 0 Å². The van der Waals surface area contributed by atoms with Crippen molar-refractivity contribution in [1.29, 1.82) is 0 Å². The van der Waals surface area contributed by atoms with Gasteiger partial charge in [-0.05, 0) is 43.1 Å². The first-order chi connectivity index (χ1) is 10.0. The molecule has 7 heteroatoms. The molecule has 0 bridgehead atoms. The fourth-order valence-corrected chi connectivity index (χ4v) is 2.18. The molecule has 1 heterocycles. The number of hydrogen-bond donors (Lipinski definition) is 0. The number of nitrogens with zero attached hydrogens (tertiary/aromatic N) is 4. The topological polar surface area (TPSA) is 51.1 Å². The molecule has 0 spiro atoms. The van der Waals surface area contributed by atoms with Gasteiger partial charge < -0.3 is 9.64 Å². The maximum atomic E-state index is 6.03. The number of anilines is 1. The highest BCUT2D eigenvalue weighted by atomic mass is 35.5. The number of hydrogen-bond acceptors (Lipinski definition) is 5. The Morgan fingerprint density at radius 2 is 2.00 bits per heavy atom. The number of benzene rings is 1. The lowest BCUT2D eigenvalue weighted by molar-refractivity contribution is 0.311. The Morgan fingerprint density at radius 3 is 2.67 bits per heavy atom. The fourth-order valence-electron chi connectivity index (χ4n) is 1.84. The van der Waals surface area contributed by atoms with Crippen LogP contribution in [0.4, 0.5) is 5.95 Å². The zero-order valence-electron chi connectivity index (χ0n) is 12.0. The van der Waals surface area contributed by atoms with Gasteiger partial charge in [0.25, 0.3) is 0 Å². The summed E-state index contributed by atoms with van der Waals surface area (Å²) in [4.78, 5) is 14.2. The van der Waals surface area contributed by atoms with Crippen LogP contribution in [-0.4, -0.2) is 28.6 Å². The van der Waals surface area contributed by atoms with Crippen LogP contribution in [0, 0.1) is 0 Å². The van der Waals surface area contributed by atoms with Gasteiger partial charge in [-0.15, -0.1) is 0 Å². The highest BCUT2D eigenvalue weighted by molar-refractivity contribution is 6.30. The quantitative estimate of drug-likeness (QED) is 0.836. The van der Waals surface area contributed by atoms with Gasteiger partial charge in [0, 0.05) is 12.1 Å². The average Bonchev–Trinajstić information content (AvgIpc) is 2.45. The Kier molecular flexibility index (Phi) is 5.20. The SMILES string of the molecule is CCOc1nc(Cl)nc(N(C)C(C)c2cccc(Cl)c2)n1. The van der Waals surface area contributed by atoms with Crippen molar-refractivity contribution >= 4 is 29.2 Å². The minimum Gasteiger partial charge on any atom is -0.464 e. The standard InChI is InChI=1S/C14H16Cl2N4O/c1-4-21-14-18-12(16)17-13(19-14)20(3)9(2)10-6-5-7-11(15)8-10/h5-9H,4H2,1-3H3. The number of rotatable bonds is 5. The van der Waals surface area contributed by atoms with Crippen molar-refractivity contribution < 1.29 is 4.74 Å². The van der Waals surface area contributed by atoms with Crippen LogP contribution < -0.4 is 9.64 Å². The van der Waals surface area contributed by atoms with E-state index in [1.807, 2.05) is 50.1 Å². The van der Waals surface area contributed by atoms with Gasteiger partial charge in [-0.3, -0.25) is 0 Å². The van der Waals surface area contributed by atoms with Crippen LogP contribution in [0.3, 0.4) is 0 Å². The molecule has 1 unspecified atom stereocenters. The molecule has 0 saturated carbocycles. The summed E-state index contributed by atoms with van der Waals surface area (Å²) in [5.41, 5.74) is 1.06. The van der Waals surface area contributed by atoms with Crippen LogP contribution in [0.15, 0.2) is 24.3 Å². The molecule has 0 fully saturated rings. The fraction of sp³-hybridized carbons (Fsp3) is 0.357. The summed E-state index contributed by atoms with van der Waals surface area (Å²) in [7, 11) is 1.88. The maximum Gasteiger partial charge on any atom is 0.322 e. The molecule has 0 N–H and O–H groups in total. The molecule has 21 heavy (non-hydrogen) atoms. The van der Waals surface area contributed by atoms with E-state index < -0.39 is 0 Å². The molecule has 0 radical (unpaired) electrons. The summed E-state index contributed by atoms with van der Waals surface area (Å²) >= 11 is 11.9. The zero-order valence-corrected chi connectivity index (χ0v) is 13.6. The third-order valence-corrected chi connectivity index (χ3v) is 3.48. The summed E-state index contributed by atoms with van der Waals surface area (Å²) < 4.78 is 5.29. The van der Waals surface area contributed by atoms with E-state index in [2.05, 4.69) is 15.0 Å². The van der Waals surface area contributed by atoms with Crippen molar-refractivity contribution in [2.75, 3.05) is 18.6 Å². The first-order valence-electron chi connectivity index (χ1n) is 6.54. The van der Waals surface area contributed by atoms with Gasteiger partial charge in [0.1, 0.15) is 0 Å². The maximum absolute atomic E-state index is 6.03. The summed E-state index contributed by atoms with van der Waals surface area (Å²) in [6.45, 7) is 4.35. The van der Waals surface area contributed by atoms with E-state index in [4.69, 9.17) is 27.9 Å². The van der Waals surface area contributed by atoms with Gasteiger partial charge in [0.15, 0.2) is 0 Å². The van der Waals surface area contributed by atoms with E-state index in [-0.39, 0.29) is 17.3 Å². The van der Waals surface area contributed by atoms with Gasteiger partial charge in [0.05, 0.1) is 12.6 Å². The Morgan fingerprint density at radius 1 is 1.24 bits per heavy atom. The summed E-state index contributed by atoms with van der Waals surface area (Å²) in [6, 6.07) is 7.90. The Labute approximate surface area is 133 Å². The second-order valence-corrected chi connectivity index (χ2v) is 5.24. The average molecular weight is 327 g/mol. The molecule has 2 aromatic rings. The second kappa shape index (κ2) is 6.91. The number of halogens is 2. The van der Waals surface area contributed by atoms with Crippen LogP contribution in [0.5, 0.6) is 6.01 Å². The van der Waals surface area contributed by atoms with Crippen molar-refractivity contribution in [3.05, 3.63) is 40.1 Å². The lowest BCUT2D eigenvalue weighted by Crippen LogP contribution is -2.24. The Hall–Kier alpha value is -1.59. The minimum atomic E-state index is 0.0247. The highest BCUT2D eigenvalue weighted by Crippen LogP contribution is 2.26. The number of aromatic nitrogens is 3. The normalized spacial score (nSPS) is 12.0. The van der Waals surface area contributed by atoms with E-state index >= 15 is 0 Å². The smallest absolute Gasteiger partial charge is 0.322 e. The van der Waals surface area contributed by atoms with Crippen molar-refractivity contribution in [1.82, 2.24) is 15.0 Å². The van der Waals surface area contributed by atoms with Crippen molar-refractivity contribution in [3.8, 4) is 6.01 Å². The van der Waals surface area contributed by atoms with E-state index in [0.717, 1.165) is 5.56 Å². The van der Waals surface area contributed by atoms with Crippen LogP contribution in [0.1, 0.15) is 25.5 Å². The molecule has 1 atom stereocenters. The largest absolute Gasteiger partial charge is 0.464 e. The van der Waals surface area contributed by atoms with E-state index in [9.17, 15) is 0 Å². The van der Waals surface area contributed by atoms with E-state index in [0.29, 0.717) is 17.6 Å². The zero-order chi connectivity index (χ0) is 15.4. The predicted molar refractivity (Wildman–Crippen MR) is 84.3 cm³/mol. The molecule has 0 saturated heterocycles. The van der Waals surface area contributed by atoms with E-state index in [1.165, 1.54) is 0 Å². The van der Waals surface area contributed by atoms with Crippen LogP contribution in [0.2, 0.25) is 10.3 Å². The second-order valence-electron chi connectivity index (χ2n) is 4.46. The van der Waals surface area contributed by atoms with Crippen molar-refractivity contribution in [2.24, 2.45) is 0 Å². The van der Waals surface area contributed by atoms with Gasteiger partial charge in [-0.25, -0.2) is 0 Å². The third-order valence-electron chi connectivity index (χ3n) is 3.08. The Balaban J connectivity index is 2.28. The van der Waals surface area contributed by atoms with E-state index in [1.54, 1.807) is 0 Å². The van der Waals surface area contributed by atoms with Gasteiger partial charge in [-0.1, -0.05) is 23.7 Å². The van der Waals surface area contributed by atoms with Crippen LogP contribution >= 0.6 is 23.2 Å².